The van der Waals surface area contributed by atoms with Gasteiger partial charge in [-0.05, 0) is 37.0 Å². The van der Waals surface area contributed by atoms with Crippen molar-refractivity contribution in [1.29, 1.82) is 0 Å². The van der Waals surface area contributed by atoms with Crippen LogP contribution in [-0.4, -0.2) is 30.9 Å². The van der Waals surface area contributed by atoms with Gasteiger partial charge in [0.15, 0.2) is 0 Å². The molecule has 2 rings (SSSR count). The molecule has 2 N–H and O–H groups in total. The van der Waals surface area contributed by atoms with Gasteiger partial charge in [0.25, 0.3) is 0 Å². The molecule has 0 amide bonds. The van der Waals surface area contributed by atoms with Gasteiger partial charge < -0.3 is 15.2 Å². The molecule has 3 nitrogen and oxygen atoms in total. The monoisotopic (exact) mass is 303 g/mol. The number of ether oxygens (including phenoxy) is 1. The van der Waals surface area contributed by atoms with Crippen LogP contribution in [0.1, 0.15) is 36.5 Å². The van der Waals surface area contributed by atoms with E-state index in [1.807, 2.05) is 0 Å². The maximum absolute atomic E-state index is 12.5. The molecule has 6 heteroatoms. The number of halogens is 3. The molecule has 0 saturated carbocycles. The second kappa shape index (κ2) is 7.24. The number of alkyl halides is 3. The minimum Gasteiger partial charge on any atom is -0.395 e. The van der Waals surface area contributed by atoms with E-state index in [9.17, 15) is 13.2 Å². The summed E-state index contributed by atoms with van der Waals surface area (Å²) in [7, 11) is 0. The summed E-state index contributed by atoms with van der Waals surface area (Å²) in [4.78, 5) is 0. The normalized spacial score (nSPS) is 23.2. The molecule has 1 saturated heterocycles. The first kappa shape index (κ1) is 16.3. The molecule has 21 heavy (non-hydrogen) atoms. The molecule has 2 unspecified atom stereocenters. The van der Waals surface area contributed by atoms with Crippen molar-refractivity contribution in [3.05, 3.63) is 35.4 Å². The minimum atomic E-state index is -4.30. The average Bonchev–Trinajstić information content (AvgIpc) is 2.47. The van der Waals surface area contributed by atoms with E-state index in [-0.39, 0.29) is 18.8 Å². The number of hydrogen-bond acceptors (Lipinski definition) is 3. The second-order valence-corrected chi connectivity index (χ2v) is 5.23. The smallest absolute Gasteiger partial charge is 0.395 e. The summed E-state index contributed by atoms with van der Waals surface area (Å²) in [5.74, 6) is 0. The maximum Gasteiger partial charge on any atom is 0.416 e. The van der Waals surface area contributed by atoms with Gasteiger partial charge in [-0.25, -0.2) is 0 Å². The number of aliphatic hydroxyl groups excluding tert-OH is 1. The van der Waals surface area contributed by atoms with E-state index in [1.165, 1.54) is 12.1 Å². The van der Waals surface area contributed by atoms with Gasteiger partial charge >= 0.3 is 6.18 Å². The Balaban J connectivity index is 1.94. The largest absolute Gasteiger partial charge is 0.416 e. The van der Waals surface area contributed by atoms with Crippen molar-refractivity contribution in [3.8, 4) is 0 Å². The minimum absolute atomic E-state index is 0.0394. The Hall–Kier alpha value is -1.11. The van der Waals surface area contributed by atoms with Crippen LogP contribution in [0.3, 0.4) is 0 Å². The van der Waals surface area contributed by atoms with Crippen LogP contribution in [0.2, 0.25) is 0 Å². The molecule has 0 aliphatic carbocycles. The lowest BCUT2D eigenvalue weighted by molar-refractivity contribution is -0.137. The summed E-state index contributed by atoms with van der Waals surface area (Å²) in [6.07, 6.45) is -1.68. The SMILES string of the molecule is OCCNCC1CCCC(c2ccc(C(F)(F)F)cc2)O1. The van der Waals surface area contributed by atoms with Gasteiger partial charge in [-0.2, -0.15) is 13.2 Å². The highest BCUT2D eigenvalue weighted by Gasteiger charge is 2.31. The van der Waals surface area contributed by atoms with Gasteiger partial charge in [0, 0.05) is 13.1 Å². The van der Waals surface area contributed by atoms with Crippen LogP contribution >= 0.6 is 0 Å². The number of hydrogen-bond donors (Lipinski definition) is 2. The van der Waals surface area contributed by atoms with Gasteiger partial charge in [0.2, 0.25) is 0 Å². The third-order valence-corrected chi connectivity index (χ3v) is 3.62. The van der Waals surface area contributed by atoms with Crippen molar-refractivity contribution < 1.29 is 23.0 Å². The summed E-state index contributed by atoms with van der Waals surface area (Å²) in [6.45, 7) is 1.25. The van der Waals surface area contributed by atoms with Crippen LogP contribution < -0.4 is 5.32 Å². The van der Waals surface area contributed by atoms with Crippen LogP contribution in [0, 0.1) is 0 Å². The predicted molar refractivity (Wildman–Crippen MR) is 72.9 cm³/mol. The zero-order valence-corrected chi connectivity index (χ0v) is 11.7. The average molecular weight is 303 g/mol. The fourth-order valence-corrected chi connectivity index (χ4v) is 2.52. The number of rotatable bonds is 5. The third-order valence-electron chi connectivity index (χ3n) is 3.62. The maximum atomic E-state index is 12.5. The molecule has 1 aromatic rings. The van der Waals surface area contributed by atoms with Crippen molar-refractivity contribution in [2.75, 3.05) is 19.7 Å². The molecule has 1 aromatic carbocycles. The van der Waals surface area contributed by atoms with Gasteiger partial charge in [-0.15, -0.1) is 0 Å². The van der Waals surface area contributed by atoms with Gasteiger partial charge in [0.05, 0.1) is 24.4 Å². The molecule has 1 aliphatic rings. The van der Waals surface area contributed by atoms with Crippen molar-refractivity contribution in [1.82, 2.24) is 5.32 Å². The van der Waals surface area contributed by atoms with Crippen molar-refractivity contribution >= 4 is 0 Å². The fourth-order valence-electron chi connectivity index (χ4n) is 2.52. The van der Waals surface area contributed by atoms with E-state index in [2.05, 4.69) is 5.32 Å². The Labute approximate surface area is 122 Å². The molecule has 1 fully saturated rings. The van der Waals surface area contributed by atoms with Crippen molar-refractivity contribution in [2.24, 2.45) is 0 Å². The fraction of sp³-hybridized carbons (Fsp3) is 0.600. The van der Waals surface area contributed by atoms with Gasteiger partial charge in [-0.3, -0.25) is 0 Å². The quantitative estimate of drug-likeness (QED) is 0.822. The molecule has 118 valence electrons. The van der Waals surface area contributed by atoms with E-state index in [0.29, 0.717) is 13.1 Å². The number of aliphatic hydroxyl groups is 1. The Morgan fingerprint density at radius 3 is 2.52 bits per heavy atom. The van der Waals surface area contributed by atoms with E-state index >= 15 is 0 Å². The summed E-state index contributed by atoms with van der Waals surface area (Å²) >= 11 is 0. The lowest BCUT2D eigenvalue weighted by atomic mass is 9.97. The number of benzene rings is 1. The first-order valence-corrected chi connectivity index (χ1v) is 7.15. The number of nitrogens with one attached hydrogen (secondary N) is 1. The first-order valence-electron chi connectivity index (χ1n) is 7.15. The molecular weight excluding hydrogens is 283 g/mol. The van der Waals surface area contributed by atoms with Crippen LogP contribution in [0.5, 0.6) is 0 Å². The van der Waals surface area contributed by atoms with E-state index in [4.69, 9.17) is 9.84 Å². The summed E-state index contributed by atoms with van der Waals surface area (Å²) in [5.41, 5.74) is 0.151. The molecule has 2 atom stereocenters. The Kier molecular flexibility index (Phi) is 5.61. The van der Waals surface area contributed by atoms with Crippen molar-refractivity contribution in [2.45, 2.75) is 37.6 Å². The molecule has 1 heterocycles. The zero-order chi connectivity index (χ0) is 15.3. The summed E-state index contributed by atoms with van der Waals surface area (Å²) in [5, 5.41) is 11.8. The second-order valence-electron chi connectivity index (χ2n) is 5.23. The molecule has 0 aromatic heterocycles. The van der Waals surface area contributed by atoms with E-state index in [1.54, 1.807) is 0 Å². The summed E-state index contributed by atoms with van der Waals surface area (Å²) in [6, 6.07) is 5.20. The van der Waals surface area contributed by atoms with Gasteiger partial charge in [0.1, 0.15) is 0 Å². The molecule has 0 spiro atoms. The molecular formula is C15H20F3NO2. The lowest BCUT2D eigenvalue weighted by Gasteiger charge is -2.30. The van der Waals surface area contributed by atoms with Gasteiger partial charge in [-0.1, -0.05) is 12.1 Å². The summed E-state index contributed by atoms with van der Waals surface area (Å²) < 4.78 is 43.5. The predicted octanol–water partition coefficient (Wildman–Crippen LogP) is 2.90. The zero-order valence-electron chi connectivity index (χ0n) is 11.7. The van der Waals surface area contributed by atoms with E-state index in [0.717, 1.165) is 37.0 Å². The molecule has 0 radical (unpaired) electrons. The lowest BCUT2D eigenvalue weighted by Crippen LogP contribution is -2.34. The van der Waals surface area contributed by atoms with Crippen molar-refractivity contribution in [3.63, 3.8) is 0 Å². The van der Waals surface area contributed by atoms with E-state index < -0.39 is 11.7 Å². The first-order chi connectivity index (χ1) is 10.0. The highest BCUT2D eigenvalue weighted by molar-refractivity contribution is 5.26. The molecule has 0 bridgehead atoms. The standard InChI is InChI=1S/C15H20F3NO2/c16-15(17,18)12-6-4-11(5-7-12)14-3-1-2-13(21-14)10-19-8-9-20/h4-7,13-14,19-20H,1-3,8-10H2. The van der Waals surface area contributed by atoms with Crippen LogP contribution in [0.15, 0.2) is 24.3 Å². The Morgan fingerprint density at radius 1 is 1.19 bits per heavy atom. The highest BCUT2D eigenvalue weighted by Crippen LogP contribution is 2.34. The van der Waals surface area contributed by atoms with Crippen LogP contribution in [0.25, 0.3) is 0 Å². The molecule has 1 aliphatic heterocycles. The topological polar surface area (TPSA) is 41.5 Å². The van der Waals surface area contributed by atoms with Crippen LogP contribution in [0.4, 0.5) is 13.2 Å². The highest BCUT2D eigenvalue weighted by atomic mass is 19.4. The Morgan fingerprint density at radius 2 is 1.90 bits per heavy atom. The van der Waals surface area contributed by atoms with Crippen LogP contribution in [-0.2, 0) is 10.9 Å². The Bertz CT molecular complexity index is 434. The third kappa shape index (κ3) is 4.69.